The van der Waals surface area contributed by atoms with Crippen LogP contribution >= 0.6 is 0 Å². The van der Waals surface area contributed by atoms with E-state index in [-0.39, 0.29) is 0 Å². The fourth-order valence-electron chi connectivity index (χ4n) is 6.16. The second-order valence-corrected chi connectivity index (χ2v) is 13.7. The zero-order valence-electron chi connectivity index (χ0n) is 30.1. The van der Waals surface area contributed by atoms with Crippen molar-refractivity contribution in [2.45, 2.75) is 245 Å². The highest BCUT2D eigenvalue weighted by Gasteiger charge is 2.09. The fraction of sp³-hybridized carbons (Fsp3) is 0.950. The summed E-state index contributed by atoms with van der Waals surface area (Å²) in [6.45, 7) is 4.56. The van der Waals surface area contributed by atoms with Crippen LogP contribution in [-0.2, 0) is 19.4 Å². The van der Waals surface area contributed by atoms with Crippen molar-refractivity contribution in [2.24, 2.45) is 0 Å². The van der Waals surface area contributed by atoms with E-state index in [4.69, 9.17) is 9.78 Å². The lowest BCUT2D eigenvalue weighted by atomic mass is 10.0. The Hall–Kier alpha value is -1.06. The van der Waals surface area contributed by atoms with Gasteiger partial charge in [0.15, 0.2) is 0 Å². The third-order valence-electron chi connectivity index (χ3n) is 9.20. The first-order chi connectivity index (χ1) is 21.7. The Morgan fingerprint density at radius 1 is 0.273 bits per heavy atom. The van der Waals surface area contributed by atoms with E-state index in [0.717, 1.165) is 25.7 Å². The van der Waals surface area contributed by atoms with Crippen LogP contribution in [0.25, 0.3) is 0 Å². The molecular formula is C40H78O4. The molecule has 0 fully saturated rings. The Morgan fingerprint density at radius 3 is 0.614 bits per heavy atom. The molecule has 0 aliphatic carbocycles. The smallest absolute Gasteiger partial charge is 0.247 e. The standard InChI is InChI=1S/C40H78O4/c1-3-5-7-9-11-13-15-17-19-20-21-22-24-26-28-30-32-34-36-38-40(42)44-43-39(41)37-35-33-31-29-27-25-23-18-16-14-12-10-8-6-4-2/h3-38H2,1-2H3. The largest absolute Gasteiger partial charge is 0.355 e. The van der Waals surface area contributed by atoms with E-state index in [1.54, 1.807) is 0 Å². The van der Waals surface area contributed by atoms with Crippen LogP contribution in [0.2, 0.25) is 0 Å². The molecule has 0 radical (unpaired) electrons. The Balaban J connectivity index is 3.25. The third kappa shape index (κ3) is 37.1. The zero-order chi connectivity index (χ0) is 32.0. The molecule has 0 aromatic rings. The number of unbranched alkanes of at least 4 members (excludes halogenated alkanes) is 32. The summed E-state index contributed by atoms with van der Waals surface area (Å²) in [5.41, 5.74) is 0. The highest BCUT2D eigenvalue weighted by Crippen LogP contribution is 2.16. The van der Waals surface area contributed by atoms with Crippen LogP contribution in [0.4, 0.5) is 0 Å². The Morgan fingerprint density at radius 2 is 0.432 bits per heavy atom. The predicted octanol–water partition coefficient (Wildman–Crippen LogP) is 14.1. The lowest BCUT2D eigenvalue weighted by Crippen LogP contribution is -2.11. The van der Waals surface area contributed by atoms with Crippen LogP contribution in [0, 0.1) is 0 Å². The lowest BCUT2D eigenvalue weighted by molar-refractivity contribution is -0.259. The number of rotatable bonds is 36. The maximum Gasteiger partial charge on any atom is 0.355 e. The molecular weight excluding hydrogens is 544 g/mol. The number of hydrogen-bond acceptors (Lipinski definition) is 4. The van der Waals surface area contributed by atoms with Crippen molar-refractivity contribution in [1.82, 2.24) is 0 Å². The van der Waals surface area contributed by atoms with Gasteiger partial charge < -0.3 is 0 Å². The van der Waals surface area contributed by atoms with Gasteiger partial charge in [-0.05, 0) is 12.8 Å². The molecule has 0 spiro atoms. The van der Waals surface area contributed by atoms with Crippen molar-refractivity contribution >= 4 is 11.9 Å². The highest BCUT2D eigenvalue weighted by molar-refractivity contribution is 5.72. The zero-order valence-corrected chi connectivity index (χ0v) is 30.1. The molecule has 0 bridgehead atoms. The van der Waals surface area contributed by atoms with E-state index in [1.807, 2.05) is 0 Å². The van der Waals surface area contributed by atoms with Crippen molar-refractivity contribution in [2.75, 3.05) is 0 Å². The minimum absolute atomic E-state index is 0.338. The van der Waals surface area contributed by atoms with E-state index in [2.05, 4.69) is 13.8 Å². The molecule has 0 amide bonds. The molecule has 0 aliphatic heterocycles. The van der Waals surface area contributed by atoms with Gasteiger partial charge in [0, 0.05) is 0 Å². The van der Waals surface area contributed by atoms with Gasteiger partial charge in [0.25, 0.3) is 0 Å². The summed E-state index contributed by atoms with van der Waals surface area (Å²) in [5.74, 6) is -0.831. The monoisotopic (exact) mass is 623 g/mol. The Kier molecular flexibility index (Phi) is 37.2. The normalized spacial score (nSPS) is 11.2. The van der Waals surface area contributed by atoms with Crippen molar-refractivity contribution in [3.63, 3.8) is 0 Å². The molecule has 262 valence electrons. The SMILES string of the molecule is CCCCCCCCCCCCCCCCCCCCCC(=O)OOC(=O)CCCCCCCCCCCCCCCCC. The maximum atomic E-state index is 11.8. The number of carbonyl (C=O) groups is 2. The molecule has 0 rings (SSSR count). The molecule has 0 aromatic heterocycles. The van der Waals surface area contributed by atoms with Gasteiger partial charge in [-0.3, -0.25) is 0 Å². The average molecular weight is 623 g/mol. The molecule has 0 saturated carbocycles. The van der Waals surface area contributed by atoms with Crippen LogP contribution in [0.15, 0.2) is 0 Å². The van der Waals surface area contributed by atoms with Gasteiger partial charge in [0.05, 0.1) is 12.8 Å². The highest BCUT2D eigenvalue weighted by atomic mass is 17.2. The number of carbonyl (C=O) groups excluding carboxylic acids is 2. The van der Waals surface area contributed by atoms with E-state index in [1.165, 1.54) is 193 Å². The van der Waals surface area contributed by atoms with Crippen LogP contribution < -0.4 is 0 Å². The molecule has 0 heterocycles. The van der Waals surface area contributed by atoms with Gasteiger partial charge in [-0.1, -0.05) is 219 Å². The van der Waals surface area contributed by atoms with Crippen molar-refractivity contribution in [1.29, 1.82) is 0 Å². The molecule has 0 aliphatic rings. The van der Waals surface area contributed by atoms with Crippen LogP contribution in [-0.4, -0.2) is 11.9 Å². The quantitative estimate of drug-likeness (QED) is 0.0396. The fourth-order valence-corrected chi connectivity index (χ4v) is 6.16. The van der Waals surface area contributed by atoms with Crippen molar-refractivity contribution in [3.05, 3.63) is 0 Å². The Labute approximate surface area is 275 Å². The third-order valence-corrected chi connectivity index (χ3v) is 9.20. The van der Waals surface area contributed by atoms with Crippen LogP contribution in [0.5, 0.6) is 0 Å². The molecule has 4 nitrogen and oxygen atoms in total. The summed E-state index contributed by atoms with van der Waals surface area (Å²) >= 11 is 0. The Bertz CT molecular complexity index is 576. The van der Waals surface area contributed by atoms with Crippen molar-refractivity contribution < 1.29 is 19.4 Å². The summed E-state index contributed by atoms with van der Waals surface area (Å²) in [6.07, 6.45) is 45.5. The van der Waals surface area contributed by atoms with Crippen molar-refractivity contribution in [3.8, 4) is 0 Å². The van der Waals surface area contributed by atoms with E-state index < -0.39 is 11.9 Å². The van der Waals surface area contributed by atoms with Crippen LogP contribution in [0.3, 0.4) is 0 Å². The predicted molar refractivity (Wildman–Crippen MR) is 190 cm³/mol. The topological polar surface area (TPSA) is 52.6 Å². The molecule has 4 heteroatoms. The van der Waals surface area contributed by atoms with E-state index in [9.17, 15) is 9.59 Å². The second kappa shape index (κ2) is 38.1. The van der Waals surface area contributed by atoms with Gasteiger partial charge in [-0.25, -0.2) is 19.4 Å². The van der Waals surface area contributed by atoms with Gasteiger partial charge in [-0.2, -0.15) is 0 Å². The summed E-state index contributed by atoms with van der Waals surface area (Å²) in [5, 5.41) is 0. The minimum Gasteiger partial charge on any atom is -0.247 e. The van der Waals surface area contributed by atoms with Gasteiger partial charge in [-0.15, -0.1) is 0 Å². The van der Waals surface area contributed by atoms with Gasteiger partial charge >= 0.3 is 11.9 Å². The molecule has 0 unspecified atom stereocenters. The van der Waals surface area contributed by atoms with Crippen LogP contribution in [0.1, 0.15) is 245 Å². The summed E-state index contributed by atoms with van der Waals surface area (Å²) in [6, 6.07) is 0. The second-order valence-electron chi connectivity index (χ2n) is 13.7. The first kappa shape index (κ1) is 42.9. The summed E-state index contributed by atoms with van der Waals surface area (Å²) in [4.78, 5) is 33.1. The van der Waals surface area contributed by atoms with Gasteiger partial charge in [0.2, 0.25) is 0 Å². The average Bonchev–Trinajstić information content (AvgIpc) is 3.03. The molecule has 0 atom stereocenters. The van der Waals surface area contributed by atoms with E-state index in [0.29, 0.717) is 12.8 Å². The first-order valence-corrected chi connectivity index (χ1v) is 20.1. The summed E-state index contributed by atoms with van der Waals surface area (Å²) in [7, 11) is 0. The van der Waals surface area contributed by atoms with Gasteiger partial charge in [0.1, 0.15) is 0 Å². The molecule has 0 saturated heterocycles. The maximum absolute atomic E-state index is 11.8. The first-order valence-electron chi connectivity index (χ1n) is 20.1. The minimum atomic E-state index is -0.416. The lowest BCUT2D eigenvalue weighted by Gasteiger charge is -2.05. The number of hydrogen-bond donors (Lipinski definition) is 0. The molecule has 0 N–H and O–H groups in total. The molecule has 44 heavy (non-hydrogen) atoms. The summed E-state index contributed by atoms with van der Waals surface area (Å²) < 4.78 is 0. The molecule has 0 aromatic carbocycles. The van der Waals surface area contributed by atoms with E-state index >= 15 is 0 Å².